The molecule has 1 aromatic carbocycles. The summed E-state index contributed by atoms with van der Waals surface area (Å²) in [5.74, 6) is 4.99. The molecule has 0 saturated heterocycles. The second-order valence-electron chi connectivity index (χ2n) is 9.11. The lowest BCUT2D eigenvalue weighted by molar-refractivity contribution is -0.140. The quantitative estimate of drug-likeness (QED) is 0.261. The van der Waals surface area contributed by atoms with Gasteiger partial charge in [0.05, 0.1) is 24.7 Å². The lowest BCUT2D eigenvalue weighted by Gasteiger charge is -2.22. The van der Waals surface area contributed by atoms with Crippen LogP contribution in [-0.2, 0) is 20.7 Å². The molecule has 2 N–H and O–H groups in total. The third-order valence-electron chi connectivity index (χ3n) is 6.34. The van der Waals surface area contributed by atoms with Crippen molar-refractivity contribution in [3.8, 4) is 11.8 Å². The number of ether oxygens (including phenoxy) is 1. The lowest BCUT2D eigenvalue weighted by Crippen LogP contribution is -2.31. The number of aliphatic hydroxyl groups excluding tert-OH is 2. The lowest BCUT2D eigenvalue weighted by atomic mass is 9.86. The molecule has 6 heteroatoms. The predicted molar refractivity (Wildman–Crippen MR) is 131 cm³/mol. The third kappa shape index (κ3) is 6.11. The van der Waals surface area contributed by atoms with E-state index in [0.29, 0.717) is 32.1 Å². The van der Waals surface area contributed by atoms with Gasteiger partial charge in [-0.1, -0.05) is 44.2 Å². The number of fused-ring (bicyclic) bond motifs is 1. The summed E-state index contributed by atoms with van der Waals surface area (Å²) in [6.45, 7) is 3.52. The van der Waals surface area contributed by atoms with Crippen molar-refractivity contribution in [2.45, 2.75) is 58.2 Å². The van der Waals surface area contributed by atoms with Crippen LogP contribution in [0.3, 0.4) is 0 Å². The molecular weight excluding hydrogens is 436 g/mol. The van der Waals surface area contributed by atoms with Gasteiger partial charge in [-0.3, -0.25) is 9.59 Å². The summed E-state index contributed by atoms with van der Waals surface area (Å²) in [5, 5.41) is 22.6. The highest BCUT2D eigenvalue weighted by Crippen LogP contribution is 2.44. The average molecular weight is 469 g/mol. The molecule has 1 heterocycles. The topological polar surface area (TPSA) is 83.8 Å². The number of esters is 1. The van der Waals surface area contributed by atoms with Gasteiger partial charge in [0.2, 0.25) is 0 Å². The van der Waals surface area contributed by atoms with Gasteiger partial charge >= 0.3 is 5.97 Å². The summed E-state index contributed by atoms with van der Waals surface area (Å²) in [6, 6.07) is 10.2. The van der Waals surface area contributed by atoms with Gasteiger partial charge in [0.1, 0.15) is 5.78 Å². The summed E-state index contributed by atoms with van der Waals surface area (Å²) >= 11 is 1.66. The van der Waals surface area contributed by atoms with E-state index in [1.54, 1.807) is 37.3 Å². The van der Waals surface area contributed by atoms with Gasteiger partial charge in [0.15, 0.2) is 0 Å². The van der Waals surface area contributed by atoms with Crippen LogP contribution in [-0.4, -0.2) is 41.3 Å². The molecule has 2 aromatic rings. The van der Waals surface area contributed by atoms with Gasteiger partial charge in [0.25, 0.3) is 0 Å². The minimum absolute atomic E-state index is 0.00694. The van der Waals surface area contributed by atoms with E-state index in [9.17, 15) is 19.8 Å². The molecule has 1 aliphatic carbocycles. The Labute approximate surface area is 199 Å². The van der Waals surface area contributed by atoms with Gasteiger partial charge in [-0.15, -0.1) is 23.2 Å². The maximum atomic E-state index is 12.9. The molecule has 0 radical (unpaired) electrons. The Kier molecular flexibility index (Phi) is 8.47. The fraction of sp³-hybridized carbons (Fsp3) is 0.481. The van der Waals surface area contributed by atoms with Crippen molar-refractivity contribution in [3.05, 3.63) is 47.4 Å². The molecule has 1 fully saturated rings. The van der Waals surface area contributed by atoms with Gasteiger partial charge in [-0.05, 0) is 23.9 Å². The van der Waals surface area contributed by atoms with Crippen molar-refractivity contribution in [1.29, 1.82) is 0 Å². The second-order valence-corrected chi connectivity index (χ2v) is 10.3. The Morgan fingerprint density at radius 1 is 1.30 bits per heavy atom. The molecule has 176 valence electrons. The van der Waals surface area contributed by atoms with Gasteiger partial charge < -0.3 is 14.9 Å². The molecule has 1 aliphatic rings. The monoisotopic (exact) mass is 468 g/mol. The minimum atomic E-state index is -0.858. The van der Waals surface area contributed by atoms with E-state index in [4.69, 9.17) is 0 Å². The van der Waals surface area contributed by atoms with Gasteiger partial charge in [-0.2, -0.15) is 0 Å². The summed E-state index contributed by atoms with van der Waals surface area (Å²) in [6.07, 6.45) is 4.28. The van der Waals surface area contributed by atoms with Crippen LogP contribution in [0.1, 0.15) is 44.4 Å². The Balaban J connectivity index is 1.63. The van der Waals surface area contributed by atoms with Crippen molar-refractivity contribution >= 4 is 33.2 Å². The predicted octanol–water partition coefficient (Wildman–Crippen LogP) is 4.30. The number of thiophene rings is 1. The molecule has 0 bridgehead atoms. The van der Waals surface area contributed by atoms with Crippen LogP contribution < -0.4 is 0 Å². The highest BCUT2D eigenvalue weighted by molar-refractivity contribution is 7.19. The second kappa shape index (κ2) is 11.1. The molecule has 1 aromatic heterocycles. The Bertz CT molecular complexity index is 1040. The highest BCUT2D eigenvalue weighted by Gasteiger charge is 2.53. The molecule has 0 amide bonds. The number of rotatable bonds is 8. The SMILES string of the molecule is COC(=O)CCCC#CC[C@H]1C(=O)C(C)(C)[C@@H](O)[C@@H]1/C=C/C(O)Cc1cc2ccccc2s1. The first kappa shape index (κ1) is 25.2. The van der Waals surface area contributed by atoms with Crippen molar-refractivity contribution in [2.24, 2.45) is 17.3 Å². The molecule has 0 aliphatic heterocycles. The van der Waals surface area contributed by atoms with Crippen LogP contribution in [0.25, 0.3) is 10.1 Å². The number of Topliss-reactive ketones (excluding diaryl/α,β-unsaturated/α-hetero) is 1. The number of ketones is 1. The van der Waals surface area contributed by atoms with E-state index in [1.807, 2.05) is 12.1 Å². The number of aliphatic hydroxyl groups is 2. The van der Waals surface area contributed by atoms with E-state index >= 15 is 0 Å². The zero-order valence-electron chi connectivity index (χ0n) is 19.4. The van der Waals surface area contributed by atoms with Crippen molar-refractivity contribution in [1.82, 2.24) is 0 Å². The van der Waals surface area contributed by atoms with Crippen LogP contribution in [0.15, 0.2) is 42.5 Å². The number of benzene rings is 1. The highest BCUT2D eigenvalue weighted by atomic mass is 32.1. The minimum Gasteiger partial charge on any atom is -0.469 e. The van der Waals surface area contributed by atoms with E-state index in [2.05, 4.69) is 34.8 Å². The molecule has 1 saturated carbocycles. The molecule has 33 heavy (non-hydrogen) atoms. The number of hydrogen-bond acceptors (Lipinski definition) is 6. The van der Waals surface area contributed by atoms with Crippen LogP contribution in [0.4, 0.5) is 0 Å². The van der Waals surface area contributed by atoms with Crippen molar-refractivity contribution < 1.29 is 24.5 Å². The molecule has 3 rings (SSSR count). The molecular formula is C27H32O5S. The molecule has 0 spiro atoms. The zero-order chi connectivity index (χ0) is 24.0. The van der Waals surface area contributed by atoms with E-state index in [1.165, 1.54) is 11.8 Å². The zero-order valence-corrected chi connectivity index (χ0v) is 20.2. The first-order chi connectivity index (χ1) is 15.7. The van der Waals surface area contributed by atoms with Crippen LogP contribution in [0.2, 0.25) is 0 Å². The summed E-state index contributed by atoms with van der Waals surface area (Å²) in [4.78, 5) is 25.2. The van der Waals surface area contributed by atoms with Crippen molar-refractivity contribution in [2.75, 3.05) is 7.11 Å². The van der Waals surface area contributed by atoms with E-state index in [0.717, 1.165) is 10.3 Å². The van der Waals surface area contributed by atoms with Crippen molar-refractivity contribution in [3.63, 3.8) is 0 Å². The van der Waals surface area contributed by atoms with Crippen LogP contribution in [0, 0.1) is 29.1 Å². The molecule has 1 unspecified atom stereocenters. The standard InChI is InChI=1S/C27H32O5S/c1-27(2)25(30)21(11-6-4-5-7-13-24(29)32-3)22(26(27)31)15-14-19(28)17-20-16-18-10-8-9-12-23(18)33-20/h8-10,12,14-16,19,21-22,26,28,31H,5,7,11,13,17H2,1-3H3/b15-14+/t19?,21-,22-,26+/m1/s1. The summed E-state index contributed by atoms with van der Waals surface area (Å²) in [5.41, 5.74) is -0.858. The van der Waals surface area contributed by atoms with E-state index in [-0.39, 0.29) is 11.8 Å². The van der Waals surface area contributed by atoms with Gasteiger partial charge in [0, 0.05) is 47.1 Å². The number of unbranched alkanes of at least 4 members (excludes halogenated alkanes) is 1. The number of hydrogen-bond donors (Lipinski definition) is 2. The summed E-state index contributed by atoms with van der Waals surface area (Å²) < 4.78 is 5.80. The van der Waals surface area contributed by atoms with E-state index < -0.39 is 29.5 Å². The maximum absolute atomic E-state index is 12.9. The summed E-state index contributed by atoms with van der Waals surface area (Å²) in [7, 11) is 1.36. The smallest absolute Gasteiger partial charge is 0.305 e. The maximum Gasteiger partial charge on any atom is 0.305 e. The number of carbonyl (C=O) groups is 2. The Morgan fingerprint density at radius 2 is 2.06 bits per heavy atom. The van der Waals surface area contributed by atoms with Gasteiger partial charge in [-0.25, -0.2) is 0 Å². The molecule has 4 atom stereocenters. The van der Waals surface area contributed by atoms with Crippen LogP contribution in [0.5, 0.6) is 0 Å². The first-order valence-electron chi connectivity index (χ1n) is 11.3. The fourth-order valence-electron chi connectivity index (χ4n) is 4.33. The largest absolute Gasteiger partial charge is 0.469 e. The third-order valence-corrected chi connectivity index (χ3v) is 7.48. The van der Waals surface area contributed by atoms with Crippen LogP contribution >= 0.6 is 11.3 Å². The fourth-order valence-corrected chi connectivity index (χ4v) is 5.44. The Hall–Kier alpha value is -2.46. The average Bonchev–Trinajstić information content (AvgIpc) is 3.26. The molecule has 5 nitrogen and oxygen atoms in total. The first-order valence-corrected chi connectivity index (χ1v) is 12.1. The normalized spacial score (nSPS) is 22.9. The number of carbonyl (C=O) groups excluding carboxylic acids is 2. The Morgan fingerprint density at radius 3 is 2.79 bits per heavy atom. The number of methoxy groups -OCH3 is 1.